The van der Waals surface area contributed by atoms with Gasteiger partial charge in [-0.25, -0.2) is 5.73 Å². The summed E-state index contributed by atoms with van der Waals surface area (Å²) in [6.07, 6.45) is 1.67. The molecule has 0 rings (SSSR count). The van der Waals surface area contributed by atoms with E-state index in [1.54, 1.807) is 0 Å². The van der Waals surface area contributed by atoms with E-state index in [9.17, 15) is 4.79 Å². The molecule has 0 unspecified atom stereocenters. The van der Waals surface area contributed by atoms with Crippen LogP contribution in [0.2, 0.25) is 0 Å². The second-order valence-electron chi connectivity index (χ2n) is 3.73. The van der Waals surface area contributed by atoms with Gasteiger partial charge in [0.1, 0.15) is 0 Å². The van der Waals surface area contributed by atoms with Crippen LogP contribution in [-0.2, 0) is 0 Å². The molecule has 2 N–H and O–H groups in total. The molecule has 2 amide bonds. The Hall–Kier alpha value is -1.08. The predicted molar refractivity (Wildman–Crippen MR) is 49.0 cm³/mol. The summed E-state index contributed by atoms with van der Waals surface area (Å²) in [5, 5.41) is 0. The van der Waals surface area contributed by atoms with Crippen molar-refractivity contribution in [2.45, 2.75) is 12.8 Å². The second-order valence-corrected chi connectivity index (χ2v) is 3.73. The molecule has 0 aromatic carbocycles. The average molecular weight is 171 g/mol. The van der Waals surface area contributed by atoms with Gasteiger partial charge in [0.15, 0.2) is 6.07 Å². The third-order valence-corrected chi connectivity index (χ3v) is 1.31. The molecule has 4 nitrogen and oxygen atoms in total. The van der Waals surface area contributed by atoms with Crippen molar-refractivity contribution in [2.75, 3.05) is 27.7 Å². The Morgan fingerprint density at radius 1 is 1.50 bits per heavy atom. The van der Waals surface area contributed by atoms with Crippen LogP contribution in [0.25, 0.3) is 4.85 Å². The first-order valence-electron chi connectivity index (χ1n) is 3.95. The molecule has 0 spiro atoms. The van der Waals surface area contributed by atoms with Gasteiger partial charge in [-0.15, -0.1) is 4.85 Å². The fraction of sp³-hybridized carbons (Fsp3) is 0.750. The van der Waals surface area contributed by atoms with Crippen LogP contribution >= 0.6 is 0 Å². The summed E-state index contributed by atoms with van der Waals surface area (Å²) in [5.41, 5.74) is 4.79. The van der Waals surface area contributed by atoms with Crippen molar-refractivity contribution in [3.63, 3.8) is 0 Å². The molecule has 0 saturated carbocycles. The first-order valence-corrected chi connectivity index (χ1v) is 3.95. The van der Waals surface area contributed by atoms with Crippen molar-refractivity contribution in [1.29, 1.82) is 0 Å². The number of quaternary nitrogens is 1. The third kappa shape index (κ3) is 8.92. The number of primary amides is 1. The number of carbonyl (C=O) groups excluding carboxylic acids is 1. The highest BCUT2D eigenvalue weighted by molar-refractivity contribution is 5.82. The summed E-state index contributed by atoms with van der Waals surface area (Å²) in [7, 11) is 6.35. The topological polar surface area (TPSA) is 47.5 Å². The number of nitrogens with zero attached hydrogens (tertiary/aromatic N) is 2. The summed E-state index contributed by atoms with van der Waals surface area (Å²) in [6.45, 7) is 1.04. The van der Waals surface area contributed by atoms with Gasteiger partial charge in [-0.1, -0.05) is 0 Å². The van der Waals surface area contributed by atoms with Crippen LogP contribution in [-0.4, -0.2) is 38.2 Å². The van der Waals surface area contributed by atoms with Crippen LogP contribution in [0.3, 0.4) is 0 Å². The second kappa shape index (κ2) is 4.73. The summed E-state index contributed by atoms with van der Waals surface area (Å²) >= 11 is 0. The van der Waals surface area contributed by atoms with Crippen molar-refractivity contribution in [1.82, 2.24) is 0 Å². The van der Waals surface area contributed by atoms with Gasteiger partial charge >= 0.3 is 6.03 Å². The maximum atomic E-state index is 10.1. The molecule has 0 heterocycles. The Morgan fingerprint density at radius 2 is 2.08 bits per heavy atom. The molecule has 0 bridgehead atoms. The van der Waals surface area contributed by atoms with Crippen LogP contribution in [0.1, 0.15) is 12.8 Å². The smallest absolute Gasteiger partial charge is 0.331 e. The molecular formula is C8H17N3O+2. The number of amides is 2. The van der Waals surface area contributed by atoms with E-state index < -0.39 is 6.03 Å². The van der Waals surface area contributed by atoms with Crippen molar-refractivity contribution < 1.29 is 9.28 Å². The van der Waals surface area contributed by atoms with Crippen molar-refractivity contribution in [2.24, 2.45) is 5.73 Å². The standard InChI is InChI=1S/C8H16N3O/c1-11(2,3)7-5-4-6-10-8(9)12/h4-5,7H2,1-3H3,(H-,9,12)/q+1/p+1. The SMILES string of the molecule is C[N+](C)(C)CCCC#[N+]C(N)=O. The van der Waals surface area contributed by atoms with Gasteiger partial charge in [-0.3, -0.25) is 0 Å². The maximum absolute atomic E-state index is 10.1. The number of hydrogen-bond donors (Lipinski definition) is 1. The van der Waals surface area contributed by atoms with E-state index in [0.717, 1.165) is 17.4 Å². The highest BCUT2D eigenvalue weighted by Crippen LogP contribution is 1.96. The molecule has 0 atom stereocenters. The Morgan fingerprint density at radius 3 is 2.50 bits per heavy atom. The minimum atomic E-state index is -0.666. The fourth-order valence-corrected chi connectivity index (χ4v) is 0.766. The first kappa shape index (κ1) is 10.9. The van der Waals surface area contributed by atoms with E-state index in [0.29, 0.717) is 6.42 Å². The molecule has 4 heteroatoms. The number of nitrogens with two attached hydrogens (primary N) is 1. The van der Waals surface area contributed by atoms with Gasteiger partial charge < -0.3 is 4.48 Å². The molecule has 0 aliphatic carbocycles. The van der Waals surface area contributed by atoms with Crippen molar-refractivity contribution in [3.8, 4) is 6.07 Å². The van der Waals surface area contributed by atoms with E-state index in [2.05, 4.69) is 32.1 Å². The molecule has 0 fully saturated rings. The van der Waals surface area contributed by atoms with Crippen LogP contribution < -0.4 is 5.73 Å². The molecule has 68 valence electrons. The summed E-state index contributed by atoms with van der Waals surface area (Å²) in [5.74, 6) is 0. The number of urea groups is 1. The van der Waals surface area contributed by atoms with Crippen LogP contribution in [0.4, 0.5) is 4.79 Å². The third-order valence-electron chi connectivity index (χ3n) is 1.31. The monoisotopic (exact) mass is 171 g/mol. The van der Waals surface area contributed by atoms with Crippen LogP contribution in [0, 0.1) is 6.07 Å². The number of unbranched alkanes of at least 4 members (excludes halogenated alkanes) is 1. The molecular weight excluding hydrogens is 154 g/mol. The highest BCUT2D eigenvalue weighted by Gasteiger charge is 2.05. The number of carbonyl (C=O) groups is 1. The van der Waals surface area contributed by atoms with Gasteiger partial charge in [0.25, 0.3) is 0 Å². The van der Waals surface area contributed by atoms with E-state index in [1.165, 1.54) is 0 Å². The Bertz CT molecular complexity index is 207. The van der Waals surface area contributed by atoms with Gasteiger partial charge in [0, 0.05) is 6.42 Å². The molecule has 0 aliphatic rings. The highest BCUT2D eigenvalue weighted by atomic mass is 16.2. The van der Waals surface area contributed by atoms with Crippen molar-refractivity contribution >= 4 is 6.03 Å². The van der Waals surface area contributed by atoms with E-state index >= 15 is 0 Å². The average Bonchev–Trinajstić information content (AvgIpc) is 1.83. The number of rotatable bonds is 3. The minimum Gasteiger partial charge on any atom is -0.331 e. The summed E-state index contributed by atoms with van der Waals surface area (Å²) < 4.78 is 0.915. The van der Waals surface area contributed by atoms with Crippen molar-refractivity contribution in [3.05, 3.63) is 4.85 Å². The van der Waals surface area contributed by atoms with E-state index in [4.69, 9.17) is 5.73 Å². The Labute approximate surface area is 73.4 Å². The van der Waals surface area contributed by atoms with Gasteiger partial charge in [0.2, 0.25) is 0 Å². The zero-order valence-corrected chi connectivity index (χ0v) is 8.00. The molecule has 0 aliphatic heterocycles. The predicted octanol–water partition coefficient (Wildman–Crippen LogP) is 0.884. The molecule has 0 aromatic rings. The fourth-order valence-electron chi connectivity index (χ4n) is 0.766. The lowest BCUT2D eigenvalue weighted by Crippen LogP contribution is -2.35. The van der Waals surface area contributed by atoms with Crippen LogP contribution in [0.5, 0.6) is 0 Å². The number of hydrogen-bond acceptors (Lipinski definition) is 1. The lowest BCUT2D eigenvalue weighted by atomic mass is 10.3. The molecule has 0 radical (unpaired) electrons. The van der Waals surface area contributed by atoms with Crippen LogP contribution in [0.15, 0.2) is 0 Å². The Balaban J connectivity index is 3.48. The lowest BCUT2D eigenvalue weighted by Gasteiger charge is -2.22. The summed E-state index contributed by atoms with van der Waals surface area (Å²) in [4.78, 5) is 13.5. The molecule has 0 saturated heterocycles. The van der Waals surface area contributed by atoms with Gasteiger partial charge in [-0.2, -0.15) is 4.79 Å². The summed E-state index contributed by atoms with van der Waals surface area (Å²) in [6, 6.07) is 1.93. The maximum Gasteiger partial charge on any atom is 0.595 e. The van der Waals surface area contributed by atoms with E-state index in [-0.39, 0.29) is 0 Å². The zero-order valence-electron chi connectivity index (χ0n) is 8.00. The van der Waals surface area contributed by atoms with Gasteiger partial charge in [-0.05, 0) is 0 Å². The Kier molecular flexibility index (Phi) is 4.30. The molecule has 0 aromatic heterocycles. The zero-order chi connectivity index (χ0) is 9.61. The normalized spacial score (nSPS) is 10.2. The minimum absolute atomic E-state index is 0.666. The quantitative estimate of drug-likeness (QED) is 0.497. The van der Waals surface area contributed by atoms with E-state index in [1.807, 2.05) is 0 Å². The largest absolute Gasteiger partial charge is 0.595 e. The first-order chi connectivity index (χ1) is 5.42. The molecule has 12 heavy (non-hydrogen) atoms. The lowest BCUT2D eigenvalue weighted by molar-refractivity contribution is -0.870. The van der Waals surface area contributed by atoms with Gasteiger partial charge in [0.05, 0.1) is 34.1 Å².